The molecule has 76 valence electrons. The highest BCUT2D eigenvalue weighted by Crippen LogP contribution is 2.30. The molecule has 0 N–H and O–H groups in total. The van der Waals surface area contributed by atoms with E-state index in [1.54, 1.807) is 11.8 Å². The van der Waals surface area contributed by atoms with Crippen molar-refractivity contribution < 1.29 is 4.74 Å². The molecular formula is C12H16OS. The van der Waals surface area contributed by atoms with E-state index < -0.39 is 0 Å². The van der Waals surface area contributed by atoms with E-state index in [1.807, 2.05) is 0 Å². The van der Waals surface area contributed by atoms with Crippen LogP contribution in [0.3, 0.4) is 0 Å². The molecule has 14 heavy (non-hydrogen) atoms. The smallest absolute Gasteiger partial charge is 0.120 e. The van der Waals surface area contributed by atoms with Crippen molar-refractivity contribution in [3.63, 3.8) is 0 Å². The van der Waals surface area contributed by atoms with Crippen molar-refractivity contribution in [1.82, 2.24) is 0 Å². The van der Waals surface area contributed by atoms with E-state index in [0.29, 0.717) is 0 Å². The van der Waals surface area contributed by atoms with Gasteiger partial charge in [0.2, 0.25) is 0 Å². The summed E-state index contributed by atoms with van der Waals surface area (Å²) in [6.07, 6.45) is 4.80. The fourth-order valence-corrected chi connectivity index (χ4v) is 2.01. The first-order valence-electron chi connectivity index (χ1n) is 5.07. The average molecular weight is 208 g/mol. The van der Waals surface area contributed by atoms with Crippen molar-refractivity contribution in [1.29, 1.82) is 0 Å². The Morgan fingerprint density at radius 2 is 2.21 bits per heavy atom. The molecule has 0 saturated heterocycles. The topological polar surface area (TPSA) is 9.23 Å². The molecule has 0 amide bonds. The van der Waals surface area contributed by atoms with Crippen LogP contribution in [0.4, 0.5) is 0 Å². The summed E-state index contributed by atoms with van der Waals surface area (Å²) >= 11 is 1.78. The molecule has 1 aliphatic carbocycles. The lowest BCUT2D eigenvalue weighted by atomic mass is 10.2. The van der Waals surface area contributed by atoms with Crippen LogP contribution < -0.4 is 4.74 Å². The van der Waals surface area contributed by atoms with Gasteiger partial charge in [-0.2, -0.15) is 0 Å². The average Bonchev–Trinajstić information content (AvgIpc) is 3.00. The van der Waals surface area contributed by atoms with E-state index in [9.17, 15) is 0 Å². The summed E-state index contributed by atoms with van der Waals surface area (Å²) in [6.45, 7) is 3.04. The van der Waals surface area contributed by atoms with E-state index in [0.717, 1.165) is 18.3 Å². The molecule has 1 aliphatic rings. The molecule has 1 fully saturated rings. The van der Waals surface area contributed by atoms with Gasteiger partial charge < -0.3 is 4.74 Å². The minimum atomic E-state index is 0.828. The van der Waals surface area contributed by atoms with Gasteiger partial charge in [0.05, 0.1) is 6.61 Å². The zero-order chi connectivity index (χ0) is 9.97. The number of benzene rings is 1. The van der Waals surface area contributed by atoms with Gasteiger partial charge in [0.1, 0.15) is 5.75 Å². The largest absolute Gasteiger partial charge is 0.493 e. The van der Waals surface area contributed by atoms with Crippen molar-refractivity contribution in [2.75, 3.05) is 12.9 Å². The van der Waals surface area contributed by atoms with E-state index in [4.69, 9.17) is 4.74 Å². The number of hydrogen-bond donors (Lipinski definition) is 0. The Morgan fingerprint density at radius 1 is 1.43 bits per heavy atom. The van der Waals surface area contributed by atoms with Gasteiger partial charge in [-0.15, -0.1) is 11.8 Å². The molecular weight excluding hydrogens is 192 g/mol. The van der Waals surface area contributed by atoms with Crippen LogP contribution in [-0.4, -0.2) is 12.9 Å². The fraction of sp³-hybridized carbons (Fsp3) is 0.500. The minimum absolute atomic E-state index is 0.828. The Balaban J connectivity index is 2.01. The second-order valence-corrected chi connectivity index (χ2v) is 4.73. The molecule has 2 rings (SSSR count). The molecule has 1 saturated carbocycles. The van der Waals surface area contributed by atoms with Gasteiger partial charge in [-0.05, 0) is 49.6 Å². The standard InChI is InChI=1S/C12H16OS/c1-9-3-6-11(7-12(9)14-2)13-8-10-4-5-10/h3,6-7,10H,4-5,8H2,1-2H3. The van der Waals surface area contributed by atoms with Gasteiger partial charge in [-0.25, -0.2) is 0 Å². The zero-order valence-corrected chi connectivity index (χ0v) is 9.56. The first-order valence-corrected chi connectivity index (χ1v) is 6.29. The Kier molecular flexibility index (Phi) is 3.02. The second kappa shape index (κ2) is 4.26. The molecule has 1 aromatic rings. The van der Waals surface area contributed by atoms with E-state index >= 15 is 0 Å². The van der Waals surface area contributed by atoms with Crippen LogP contribution in [0.15, 0.2) is 23.1 Å². The zero-order valence-electron chi connectivity index (χ0n) is 8.75. The van der Waals surface area contributed by atoms with E-state index in [1.165, 1.54) is 23.3 Å². The Morgan fingerprint density at radius 3 is 2.86 bits per heavy atom. The molecule has 0 unspecified atom stereocenters. The lowest BCUT2D eigenvalue weighted by Gasteiger charge is -2.08. The molecule has 0 bridgehead atoms. The summed E-state index contributed by atoms with van der Waals surface area (Å²) in [7, 11) is 0. The number of aryl methyl sites for hydroxylation is 1. The van der Waals surface area contributed by atoms with Crippen LogP contribution in [0.1, 0.15) is 18.4 Å². The first kappa shape index (κ1) is 9.91. The van der Waals surface area contributed by atoms with E-state index in [-0.39, 0.29) is 0 Å². The maximum Gasteiger partial charge on any atom is 0.120 e. The van der Waals surface area contributed by atoms with Crippen molar-refractivity contribution in [3.05, 3.63) is 23.8 Å². The summed E-state index contributed by atoms with van der Waals surface area (Å²) < 4.78 is 5.71. The molecule has 1 aromatic carbocycles. The minimum Gasteiger partial charge on any atom is -0.493 e. The van der Waals surface area contributed by atoms with Crippen LogP contribution in [-0.2, 0) is 0 Å². The third-order valence-corrected chi connectivity index (χ3v) is 3.44. The summed E-state index contributed by atoms with van der Waals surface area (Å²) in [5.74, 6) is 1.85. The number of hydrogen-bond acceptors (Lipinski definition) is 2. The normalized spacial score (nSPS) is 15.6. The van der Waals surface area contributed by atoms with Gasteiger partial charge in [0.25, 0.3) is 0 Å². The summed E-state index contributed by atoms with van der Waals surface area (Å²) in [5.41, 5.74) is 1.33. The van der Waals surface area contributed by atoms with Crippen LogP contribution in [0, 0.1) is 12.8 Å². The Labute approximate surface area is 89.9 Å². The highest BCUT2D eigenvalue weighted by molar-refractivity contribution is 7.98. The predicted octanol–water partition coefficient (Wildman–Crippen LogP) is 3.51. The van der Waals surface area contributed by atoms with E-state index in [2.05, 4.69) is 31.4 Å². The van der Waals surface area contributed by atoms with Crippen molar-refractivity contribution in [2.24, 2.45) is 5.92 Å². The van der Waals surface area contributed by atoms with Crippen LogP contribution in [0.5, 0.6) is 5.75 Å². The molecule has 0 aliphatic heterocycles. The van der Waals surface area contributed by atoms with Crippen molar-refractivity contribution >= 4 is 11.8 Å². The van der Waals surface area contributed by atoms with Gasteiger partial charge in [0.15, 0.2) is 0 Å². The first-order chi connectivity index (χ1) is 6.79. The maximum absolute atomic E-state index is 5.71. The Bertz CT molecular complexity index is 318. The summed E-state index contributed by atoms with van der Waals surface area (Å²) in [5, 5.41) is 0. The van der Waals surface area contributed by atoms with Gasteiger partial charge in [0, 0.05) is 4.90 Å². The molecule has 2 heteroatoms. The van der Waals surface area contributed by atoms with Crippen LogP contribution >= 0.6 is 11.8 Å². The van der Waals surface area contributed by atoms with Crippen LogP contribution in [0.2, 0.25) is 0 Å². The predicted molar refractivity (Wildman–Crippen MR) is 61.2 cm³/mol. The molecule has 0 atom stereocenters. The second-order valence-electron chi connectivity index (χ2n) is 3.89. The highest BCUT2D eigenvalue weighted by atomic mass is 32.2. The molecule has 1 nitrogen and oxygen atoms in total. The third-order valence-electron chi connectivity index (χ3n) is 2.56. The Hall–Kier alpha value is -0.630. The lowest BCUT2D eigenvalue weighted by molar-refractivity contribution is 0.299. The highest BCUT2D eigenvalue weighted by Gasteiger charge is 2.21. The van der Waals surface area contributed by atoms with Gasteiger partial charge >= 0.3 is 0 Å². The van der Waals surface area contributed by atoms with Crippen molar-refractivity contribution in [2.45, 2.75) is 24.7 Å². The monoisotopic (exact) mass is 208 g/mol. The number of ether oxygens (including phenoxy) is 1. The number of rotatable bonds is 4. The van der Waals surface area contributed by atoms with Crippen LogP contribution in [0.25, 0.3) is 0 Å². The quantitative estimate of drug-likeness (QED) is 0.700. The van der Waals surface area contributed by atoms with Gasteiger partial charge in [-0.3, -0.25) is 0 Å². The van der Waals surface area contributed by atoms with Gasteiger partial charge in [-0.1, -0.05) is 6.07 Å². The number of thioether (sulfide) groups is 1. The molecule has 0 heterocycles. The molecule has 0 radical (unpaired) electrons. The van der Waals surface area contributed by atoms with Crippen molar-refractivity contribution in [3.8, 4) is 5.75 Å². The summed E-state index contributed by atoms with van der Waals surface area (Å²) in [4.78, 5) is 1.32. The lowest BCUT2D eigenvalue weighted by Crippen LogP contribution is -1.98. The summed E-state index contributed by atoms with van der Waals surface area (Å²) in [6, 6.07) is 6.34. The third kappa shape index (κ3) is 2.44. The molecule has 0 spiro atoms. The fourth-order valence-electron chi connectivity index (χ4n) is 1.39. The SMILES string of the molecule is CSc1cc(OCC2CC2)ccc1C. The molecule has 0 aromatic heterocycles. The maximum atomic E-state index is 5.71.